The Morgan fingerprint density at radius 3 is 2.67 bits per heavy atom. The van der Waals surface area contributed by atoms with Crippen LogP contribution in [0.4, 0.5) is 0 Å². The molecule has 4 nitrogen and oxygen atoms in total. The molecular formula is C15H15BrClNO3. The molecule has 2 aliphatic rings. The van der Waals surface area contributed by atoms with Crippen molar-refractivity contribution in [2.24, 2.45) is 11.3 Å². The average Bonchev–Trinajstić information content (AvgIpc) is 3.06. The van der Waals surface area contributed by atoms with Gasteiger partial charge in [0.25, 0.3) is 0 Å². The third-order valence-corrected chi connectivity index (χ3v) is 5.68. The summed E-state index contributed by atoms with van der Waals surface area (Å²) >= 11 is 9.54. The van der Waals surface area contributed by atoms with E-state index in [9.17, 15) is 14.7 Å². The van der Waals surface area contributed by atoms with Gasteiger partial charge >= 0.3 is 5.97 Å². The number of carboxylic acids is 1. The van der Waals surface area contributed by atoms with Gasteiger partial charge in [0.1, 0.15) is 0 Å². The Morgan fingerprint density at radius 1 is 1.43 bits per heavy atom. The zero-order chi connectivity index (χ0) is 15.2. The molecule has 1 unspecified atom stereocenters. The maximum absolute atomic E-state index is 12.5. The molecule has 1 heterocycles. The third-order valence-electron chi connectivity index (χ3n) is 4.58. The molecular weight excluding hydrogens is 358 g/mol. The largest absolute Gasteiger partial charge is 0.481 e. The highest BCUT2D eigenvalue weighted by molar-refractivity contribution is 9.10. The lowest BCUT2D eigenvalue weighted by atomic mass is 9.93. The summed E-state index contributed by atoms with van der Waals surface area (Å²) in [7, 11) is 0. The van der Waals surface area contributed by atoms with Crippen LogP contribution >= 0.6 is 27.5 Å². The first-order valence-electron chi connectivity index (χ1n) is 6.86. The van der Waals surface area contributed by atoms with E-state index in [0.29, 0.717) is 18.1 Å². The standard InChI is InChI=1S/C15H15BrClNO3/c16-11-2-1-3-12(17)9(11)6-13(19)18-7-10(14(20)21)15(8-18)4-5-15/h1-3,10H,4-8H2,(H,20,21). The van der Waals surface area contributed by atoms with Gasteiger partial charge in [0.2, 0.25) is 5.91 Å². The molecule has 1 saturated heterocycles. The van der Waals surface area contributed by atoms with E-state index in [1.54, 1.807) is 11.0 Å². The number of amides is 1. The topological polar surface area (TPSA) is 57.6 Å². The first-order chi connectivity index (χ1) is 9.93. The summed E-state index contributed by atoms with van der Waals surface area (Å²) in [6.07, 6.45) is 2.01. The van der Waals surface area contributed by atoms with E-state index in [1.165, 1.54) is 0 Å². The molecule has 1 aromatic rings. The van der Waals surface area contributed by atoms with Gasteiger partial charge in [0, 0.05) is 28.0 Å². The van der Waals surface area contributed by atoms with Crippen molar-refractivity contribution in [1.82, 2.24) is 4.90 Å². The summed E-state index contributed by atoms with van der Waals surface area (Å²) in [4.78, 5) is 25.5. The second-order valence-corrected chi connectivity index (χ2v) is 7.17. The van der Waals surface area contributed by atoms with Gasteiger partial charge in [-0.1, -0.05) is 33.6 Å². The van der Waals surface area contributed by atoms with Gasteiger partial charge in [-0.15, -0.1) is 0 Å². The van der Waals surface area contributed by atoms with Gasteiger partial charge in [-0.2, -0.15) is 0 Å². The Morgan fingerprint density at radius 2 is 2.14 bits per heavy atom. The number of halogens is 2. The van der Waals surface area contributed by atoms with Crippen molar-refractivity contribution in [2.75, 3.05) is 13.1 Å². The van der Waals surface area contributed by atoms with Gasteiger partial charge in [0.15, 0.2) is 0 Å². The monoisotopic (exact) mass is 371 g/mol. The van der Waals surface area contributed by atoms with E-state index < -0.39 is 11.9 Å². The van der Waals surface area contributed by atoms with Crippen LogP contribution in [0.25, 0.3) is 0 Å². The Hall–Kier alpha value is -1.07. The average molecular weight is 373 g/mol. The van der Waals surface area contributed by atoms with Crippen molar-refractivity contribution in [3.05, 3.63) is 33.3 Å². The molecule has 1 N–H and O–H groups in total. The zero-order valence-corrected chi connectivity index (χ0v) is 13.7. The molecule has 1 atom stereocenters. The Labute approximate surface area is 136 Å². The van der Waals surface area contributed by atoms with E-state index in [-0.39, 0.29) is 17.7 Å². The smallest absolute Gasteiger partial charge is 0.308 e. The summed E-state index contributed by atoms with van der Waals surface area (Å²) in [5.74, 6) is -1.27. The van der Waals surface area contributed by atoms with Crippen LogP contribution in [0.15, 0.2) is 22.7 Å². The van der Waals surface area contributed by atoms with Crippen LogP contribution in [0.5, 0.6) is 0 Å². The fourth-order valence-electron chi connectivity index (χ4n) is 3.13. The number of aliphatic carboxylic acids is 1. The summed E-state index contributed by atoms with van der Waals surface area (Å²) in [5.41, 5.74) is 0.590. The molecule has 21 heavy (non-hydrogen) atoms. The van der Waals surface area contributed by atoms with Gasteiger partial charge in [-0.25, -0.2) is 0 Å². The predicted octanol–water partition coefficient (Wildman–Crippen LogP) is 2.97. The van der Waals surface area contributed by atoms with E-state index in [0.717, 1.165) is 22.9 Å². The van der Waals surface area contributed by atoms with Crippen LogP contribution in [0, 0.1) is 11.3 Å². The van der Waals surface area contributed by atoms with Crippen LogP contribution in [0.3, 0.4) is 0 Å². The second kappa shape index (κ2) is 5.29. The molecule has 0 bridgehead atoms. The normalized spacial score (nSPS) is 22.6. The summed E-state index contributed by atoms with van der Waals surface area (Å²) in [5, 5.41) is 9.85. The fraction of sp³-hybridized carbons (Fsp3) is 0.467. The minimum absolute atomic E-state index is 0.0566. The highest BCUT2D eigenvalue weighted by Gasteiger charge is 2.58. The highest BCUT2D eigenvalue weighted by atomic mass is 79.9. The summed E-state index contributed by atoms with van der Waals surface area (Å²) < 4.78 is 0.804. The minimum Gasteiger partial charge on any atom is -0.481 e. The van der Waals surface area contributed by atoms with Gasteiger partial charge in [-0.3, -0.25) is 9.59 Å². The van der Waals surface area contributed by atoms with Gasteiger partial charge < -0.3 is 10.0 Å². The van der Waals surface area contributed by atoms with Crippen molar-refractivity contribution in [2.45, 2.75) is 19.3 Å². The number of hydrogen-bond donors (Lipinski definition) is 1. The van der Waals surface area contributed by atoms with Crippen LogP contribution in [-0.2, 0) is 16.0 Å². The number of rotatable bonds is 3. The molecule has 1 spiro atoms. The summed E-state index contributed by atoms with van der Waals surface area (Å²) in [6.45, 7) is 0.876. The Kier molecular flexibility index (Phi) is 3.74. The van der Waals surface area contributed by atoms with E-state index in [2.05, 4.69) is 15.9 Å². The van der Waals surface area contributed by atoms with Crippen molar-refractivity contribution in [3.8, 4) is 0 Å². The molecule has 2 fully saturated rings. The number of likely N-dealkylation sites (tertiary alicyclic amines) is 1. The molecule has 6 heteroatoms. The number of carbonyl (C=O) groups is 2. The number of carboxylic acid groups (broad SMARTS) is 1. The lowest BCUT2D eigenvalue weighted by Gasteiger charge is -2.17. The molecule has 0 aromatic heterocycles. The molecule has 1 aromatic carbocycles. The van der Waals surface area contributed by atoms with Crippen molar-refractivity contribution in [1.29, 1.82) is 0 Å². The van der Waals surface area contributed by atoms with Crippen LogP contribution in [0.1, 0.15) is 18.4 Å². The third kappa shape index (κ3) is 2.69. The first kappa shape index (κ1) is 14.9. The van der Waals surface area contributed by atoms with E-state index >= 15 is 0 Å². The van der Waals surface area contributed by atoms with Crippen LogP contribution in [-0.4, -0.2) is 35.0 Å². The van der Waals surface area contributed by atoms with Crippen LogP contribution in [0.2, 0.25) is 5.02 Å². The van der Waals surface area contributed by atoms with Gasteiger partial charge in [0.05, 0.1) is 12.3 Å². The minimum atomic E-state index is -0.790. The number of hydrogen-bond acceptors (Lipinski definition) is 2. The highest BCUT2D eigenvalue weighted by Crippen LogP contribution is 2.56. The molecule has 1 amide bonds. The molecule has 0 radical (unpaired) electrons. The molecule has 1 aliphatic heterocycles. The Bertz CT molecular complexity index is 595. The lowest BCUT2D eigenvalue weighted by molar-refractivity contribution is -0.143. The first-order valence-corrected chi connectivity index (χ1v) is 8.03. The van der Waals surface area contributed by atoms with E-state index in [4.69, 9.17) is 11.6 Å². The van der Waals surface area contributed by atoms with Gasteiger partial charge in [-0.05, 0) is 30.5 Å². The van der Waals surface area contributed by atoms with E-state index in [1.807, 2.05) is 12.1 Å². The number of carbonyl (C=O) groups excluding carboxylic acids is 1. The number of nitrogens with zero attached hydrogens (tertiary/aromatic N) is 1. The summed E-state index contributed by atoms with van der Waals surface area (Å²) in [6, 6.07) is 5.41. The van der Waals surface area contributed by atoms with Crippen molar-refractivity contribution >= 4 is 39.4 Å². The molecule has 112 valence electrons. The predicted molar refractivity (Wildman–Crippen MR) is 82.2 cm³/mol. The Balaban J connectivity index is 1.74. The van der Waals surface area contributed by atoms with Crippen molar-refractivity contribution < 1.29 is 14.7 Å². The maximum atomic E-state index is 12.5. The van der Waals surface area contributed by atoms with Crippen LogP contribution < -0.4 is 0 Å². The maximum Gasteiger partial charge on any atom is 0.308 e. The lowest BCUT2D eigenvalue weighted by Crippen LogP contribution is -2.31. The molecule has 1 saturated carbocycles. The fourth-order valence-corrected chi connectivity index (χ4v) is 3.99. The second-order valence-electron chi connectivity index (χ2n) is 5.90. The zero-order valence-electron chi connectivity index (χ0n) is 11.3. The number of benzene rings is 1. The molecule has 3 rings (SSSR count). The van der Waals surface area contributed by atoms with Crippen molar-refractivity contribution in [3.63, 3.8) is 0 Å². The molecule has 1 aliphatic carbocycles. The quantitative estimate of drug-likeness (QED) is 0.887. The SMILES string of the molecule is O=C(O)C1CN(C(=O)Cc2c(Cl)cccc2Br)CC12CC2.